The highest BCUT2D eigenvalue weighted by molar-refractivity contribution is 7.92. The molecule has 0 spiro atoms. The molecule has 132 valence electrons. The molecule has 0 radical (unpaired) electrons. The summed E-state index contributed by atoms with van der Waals surface area (Å²) in [5.74, 6) is -2.11. The third kappa shape index (κ3) is 5.08. The van der Waals surface area contributed by atoms with Gasteiger partial charge in [-0.2, -0.15) is 5.10 Å². The maximum atomic E-state index is 13.8. The quantitative estimate of drug-likeness (QED) is 0.625. The van der Waals surface area contributed by atoms with Gasteiger partial charge in [-0.15, -0.1) is 0 Å². The zero-order chi connectivity index (χ0) is 18.4. The van der Waals surface area contributed by atoms with Gasteiger partial charge < -0.3 is 0 Å². The van der Waals surface area contributed by atoms with Gasteiger partial charge in [-0.3, -0.25) is 9.10 Å². The number of hydrazone groups is 1. The van der Waals surface area contributed by atoms with Crippen LogP contribution in [-0.4, -0.2) is 33.3 Å². The molecule has 0 aliphatic carbocycles. The Morgan fingerprint density at radius 2 is 1.72 bits per heavy atom. The van der Waals surface area contributed by atoms with E-state index < -0.39 is 34.1 Å². The van der Waals surface area contributed by atoms with Crippen LogP contribution in [0.3, 0.4) is 0 Å². The lowest BCUT2D eigenvalue weighted by atomic mass is 10.2. The summed E-state index contributed by atoms with van der Waals surface area (Å²) in [5, 5.41) is 3.57. The smallest absolute Gasteiger partial charge is 0.260 e. The molecule has 0 aliphatic heterocycles. The largest absolute Gasteiger partial charge is 0.271 e. The van der Waals surface area contributed by atoms with Crippen molar-refractivity contribution in [1.29, 1.82) is 0 Å². The number of anilines is 1. The number of carbonyl (C=O) groups is 1. The minimum Gasteiger partial charge on any atom is -0.271 e. The Balaban J connectivity index is 2.11. The molecule has 2 aromatic rings. The monoisotopic (exact) mass is 367 g/mol. The SMILES string of the molecule is CS(=O)(=O)N(CC(=O)N/N=C\c1ccccc1F)c1ccccc1F. The molecule has 25 heavy (non-hydrogen) atoms. The number of carbonyl (C=O) groups excluding carboxylic acids is 1. The second kappa shape index (κ2) is 7.84. The normalized spacial score (nSPS) is 11.5. The van der Waals surface area contributed by atoms with Crippen LogP contribution < -0.4 is 9.73 Å². The lowest BCUT2D eigenvalue weighted by molar-refractivity contribution is -0.119. The van der Waals surface area contributed by atoms with Gasteiger partial charge in [0.05, 0.1) is 18.2 Å². The molecule has 0 saturated heterocycles. The van der Waals surface area contributed by atoms with Crippen LogP contribution in [0, 0.1) is 11.6 Å². The van der Waals surface area contributed by atoms with Gasteiger partial charge in [0.25, 0.3) is 5.91 Å². The molecule has 9 heteroatoms. The van der Waals surface area contributed by atoms with Crippen molar-refractivity contribution >= 4 is 27.8 Å². The topological polar surface area (TPSA) is 78.8 Å². The molecule has 0 heterocycles. The van der Waals surface area contributed by atoms with E-state index in [4.69, 9.17) is 0 Å². The van der Waals surface area contributed by atoms with Gasteiger partial charge in [-0.25, -0.2) is 22.6 Å². The molecular weight excluding hydrogens is 352 g/mol. The van der Waals surface area contributed by atoms with Crippen molar-refractivity contribution in [3.8, 4) is 0 Å². The molecule has 0 aliphatic rings. The van der Waals surface area contributed by atoms with Crippen molar-refractivity contribution in [3.63, 3.8) is 0 Å². The summed E-state index contributed by atoms with van der Waals surface area (Å²) in [4.78, 5) is 11.9. The summed E-state index contributed by atoms with van der Waals surface area (Å²) in [7, 11) is -3.90. The average Bonchev–Trinajstić information content (AvgIpc) is 2.54. The number of rotatable bonds is 6. The highest BCUT2D eigenvalue weighted by Gasteiger charge is 2.23. The zero-order valence-electron chi connectivity index (χ0n) is 13.2. The van der Waals surface area contributed by atoms with E-state index in [-0.39, 0.29) is 11.3 Å². The standard InChI is InChI=1S/C16H15F2N3O3S/c1-25(23,24)21(15-9-5-4-8-14(15)18)11-16(22)20-19-10-12-6-2-3-7-13(12)17/h2-10H,11H2,1H3,(H,20,22)/b19-10-. The van der Waals surface area contributed by atoms with Crippen LogP contribution in [-0.2, 0) is 14.8 Å². The van der Waals surface area contributed by atoms with Crippen molar-refractivity contribution in [3.05, 3.63) is 65.7 Å². The molecule has 1 N–H and O–H groups in total. The summed E-state index contributed by atoms with van der Waals surface area (Å²) in [6, 6.07) is 11.0. The maximum absolute atomic E-state index is 13.8. The lowest BCUT2D eigenvalue weighted by Gasteiger charge is -2.21. The van der Waals surface area contributed by atoms with Crippen LogP contribution in [0.4, 0.5) is 14.5 Å². The Bertz CT molecular complexity index is 901. The predicted octanol–water partition coefficient (Wildman–Crippen LogP) is 1.88. The molecule has 1 amide bonds. The number of para-hydroxylation sites is 1. The van der Waals surface area contributed by atoms with Gasteiger partial charge in [0.1, 0.15) is 18.2 Å². The molecular formula is C16H15F2N3O3S. The molecule has 6 nitrogen and oxygen atoms in total. The Morgan fingerprint density at radius 3 is 2.32 bits per heavy atom. The van der Waals surface area contributed by atoms with Crippen LogP contribution in [0.15, 0.2) is 53.6 Å². The second-order valence-corrected chi connectivity index (χ2v) is 6.94. The molecule has 0 atom stereocenters. The Kier molecular flexibility index (Phi) is 5.81. The third-order valence-electron chi connectivity index (χ3n) is 3.11. The van der Waals surface area contributed by atoms with Crippen LogP contribution >= 0.6 is 0 Å². The molecule has 0 fully saturated rings. The second-order valence-electron chi connectivity index (χ2n) is 5.04. The van der Waals surface area contributed by atoms with Gasteiger partial charge in [0, 0.05) is 5.56 Å². The van der Waals surface area contributed by atoms with Crippen molar-refractivity contribution in [1.82, 2.24) is 5.43 Å². The average molecular weight is 367 g/mol. The van der Waals surface area contributed by atoms with Crippen molar-refractivity contribution in [2.24, 2.45) is 5.10 Å². The number of amides is 1. The maximum Gasteiger partial charge on any atom is 0.260 e. The highest BCUT2D eigenvalue weighted by Crippen LogP contribution is 2.20. The zero-order valence-corrected chi connectivity index (χ0v) is 14.0. The van der Waals surface area contributed by atoms with E-state index in [1.165, 1.54) is 36.4 Å². The van der Waals surface area contributed by atoms with E-state index in [1.54, 1.807) is 6.07 Å². The molecule has 2 aromatic carbocycles. The number of hydrogen-bond acceptors (Lipinski definition) is 4. The Hall–Kier alpha value is -2.81. The number of halogens is 2. The number of benzene rings is 2. The van der Waals surface area contributed by atoms with E-state index in [9.17, 15) is 22.0 Å². The van der Waals surface area contributed by atoms with Crippen LogP contribution in [0.1, 0.15) is 5.56 Å². The van der Waals surface area contributed by atoms with E-state index in [1.807, 2.05) is 0 Å². The lowest BCUT2D eigenvalue weighted by Crippen LogP contribution is -2.39. The van der Waals surface area contributed by atoms with Gasteiger partial charge in [-0.1, -0.05) is 30.3 Å². The fraction of sp³-hybridized carbons (Fsp3) is 0.125. The fourth-order valence-corrected chi connectivity index (χ4v) is 2.81. The number of sulfonamides is 1. The fourth-order valence-electron chi connectivity index (χ4n) is 1.95. The predicted molar refractivity (Wildman–Crippen MR) is 90.7 cm³/mol. The van der Waals surface area contributed by atoms with E-state index in [0.29, 0.717) is 4.31 Å². The minimum absolute atomic E-state index is 0.150. The number of nitrogens with zero attached hydrogens (tertiary/aromatic N) is 2. The van der Waals surface area contributed by atoms with E-state index in [2.05, 4.69) is 10.5 Å². The van der Waals surface area contributed by atoms with Crippen molar-refractivity contribution in [2.75, 3.05) is 17.1 Å². The summed E-state index contributed by atoms with van der Waals surface area (Å²) < 4.78 is 51.6. The van der Waals surface area contributed by atoms with E-state index in [0.717, 1.165) is 18.5 Å². The Morgan fingerprint density at radius 1 is 1.12 bits per heavy atom. The number of hydrogen-bond donors (Lipinski definition) is 1. The van der Waals surface area contributed by atoms with Crippen LogP contribution in [0.2, 0.25) is 0 Å². The molecule has 0 bridgehead atoms. The highest BCUT2D eigenvalue weighted by atomic mass is 32.2. The minimum atomic E-state index is -3.90. The van der Waals surface area contributed by atoms with Crippen LogP contribution in [0.5, 0.6) is 0 Å². The summed E-state index contributed by atoms with van der Waals surface area (Å²) in [6.45, 7) is -0.672. The van der Waals surface area contributed by atoms with Crippen molar-refractivity contribution in [2.45, 2.75) is 0 Å². The van der Waals surface area contributed by atoms with Crippen molar-refractivity contribution < 1.29 is 22.0 Å². The first kappa shape index (κ1) is 18.5. The third-order valence-corrected chi connectivity index (χ3v) is 4.23. The molecule has 0 saturated carbocycles. The first-order valence-electron chi connectivity index (χ1n) is 7.07. The van der Waals surface area contributed by atoms with Crippen LogP contribution in [0.25, 0.3) is 0 Å². The Labute approximate surface area is 143 Å². The van der Waals surface area contributed by atoms with Gasteiger partial charge in [-0.05, 0) is 18.2 Å². The van der Waals surface area contributed by atoms with Gasteiger partial charge >= 0.3 is 0 Å². The number of nitrogens with one attached hydrogen (secondary N) is 1. The first-order valence-corrected chi connectivity index (χ1v) is 8.92. The van der Waals surface area contributed by atoms with Gasteiger partial charge in [0.2, 0.25) is 10.0 Å². The van der Waals surface area contributed by atoms with E-state index >= 15 is 0 Å². The first-order chi connectivity index (χ1) is 11.8. The molecule has 0 aromatic heterocycles. The summed E-state index contributed by atoms with van der Waals surface area (Å²) >= 11 is 0. The van der Waals surface area contributed by atoms with Gasteiger partial charge in [0.15, 0.2) is 0 Å². The summed E-state index contributed by atoms with van der Waals surface area (Å²) in [6.07, 6.45) is 1.94. The molecule has 0 unspecified atom stereocenters. The summed E-state index contributed by atoms with van der Waals surface area (Å²) in [5.41, 5.74) is 1.98. The molecule has 2 rings (SSSR count).